The molecule has 1 aromatic carbocycles. The van der Waals surface area contributed by atoms with Crippen molar-refractivity contribution in [1.29, 1.82) is 5.26 Å². The number of hydrogen-bond acceptors (Lipinski definition) is 3. The molecule has 74 valence electrons. The Balaban J connectivity index is 2.38. The third kappa shape index (κ3) is 1.89. The average Bonchev–Trinajstić information content (AvgIpc) is 2.67. The number of aldehydes is 1. The highest BCUT2D eigenvalue weighted by Gasteiger charge is 2.03. The summed E-state index contributed by atoms with van der Waals surface area (Å²) in [6.45, 7) is 0. The molecule has 0 N–H and O–H groups in total. The van der Waals surface area contributed by atoms with Crippen LogP contribution < -0.4 is 0 Å². The quantitative estimate of drug-likeness (QED) is 0.713. The van der Waals surface area contributed by atoms with Crippen LogP contribution in [0.15, 0.2) is 28.7 Å². The molecule has 0 aliphatic carbocycles. The van der Waals surface area contributed by atoms with Crippen LogP contribution in [0.4, 0.5) is 0 Å². The van der Waals surface area contributed by atoms with Crippen LogP contribution in [0.5, 0.6) is 0 Å². The monoisotopic (exact) mass is 199 g/mol. The Kier molecular flexibility index (Phi) is 2.51. The smallest absolute Gasteiger partial charge is 0.134 e. The molecule has 0 bridgehead atoms. The molecule has 15 heavy (non-hydrogen) atoms. The van der Waals surface area contributed by atoms with Gasteiger partial charge in [0.1, 0.15) is 17.6 Å². The van der Waals surface area contributed by atoms with Crippen molar-refractivity contribution in [3.05, 3.63) is 35.6 Å². The van der Waals surface area contributed by atoms with Gasteiger partial charge in [-0.15, -0.1) is 0 Å². The Labute approximate surface area is 86.9 Å². The first-order valence-corrected chi connectivity index (χ1v) is 4.69. The fourth-order valence-electron chi connectivity index (χ4n) is 1.49. The number of furan rings is 1. The van der Waals surface area contributed by atoms with E-state index < -0.39 is 0 Å². The largest absolute Gasteiger partial charge is 0.461 e. The van der Waals surface area contributed by atoms with Gasteiger partial charge >= 0.3 is 0 Å². The van der Waals surface area contributed by atoms with E-state index in [-0.39, 0.29) is 0 Å². The predicted molar refractivity (Wildman–Crippen MR) is 55.3 cm³/mol. The van der Waals surface area contributed by atoms with Gasteiger partial charge in [-0.3, -0.25) is 0 Å². The Morgan fingerprint density at radius 3 is 3.00 bits per heavy atom. The lowest BCUT2D eigenvalue weighted by atomic mass is 10.1. The highest BCUT2D eigenvalue weighted by atomic mass is 16.3. The Bertz CT molecular complexity index is 534. The van der Waals surface area contributed by atoms with E-state index in [1.807, 2.05) is 6.07 Å². The van der Waals surface area contributed by atoms with E-state index in [9.17, 15) is 4.79 Å². The van der Waals surface area contributed by atoms with Crippen molar-refractivity contribution < 1.29 is 9.21 Å². The second-order valence-electron chi connectivity index (χ2n) is 3.28. The maximum Gasteiger partial charge on any atom is 0.134 e. The van der Waals surface area contributed by atoms with Gasteiger partial charge < -0.3 is 9.21 Å². The molecule has 3 heteroatoms. The van der Waals surface area contributed by atoms with Gasteiger partial charge in [0.25, 0.3) is 0 Å². The summed E-state index contributed by atoms with van der Waals surface area (Å²) < 4.78 is 5.50. The molecule has 0 spiro atoms. The number of fused-ring (bicyclic) bond motifs is 1. The zero-order chi connectivity index (χ0) is 10.7. The van der Waals surface area contributed by atoms with Gasteiger partial charge in [-0.1, -0.05) is 0 Å². The van der Waals surface area contributed by atoms with E-state index >= 15 is 0 Å². The van der Waals surface area contributed by atoms with Crippen LogP contribution in [-0.4, -0.2) is 6.29 Å². The molecule has 0 aliphatic heterocycles. The molecule has 1 heterocycles. The lowest BCUT2D eigenvalue weighted by Gasteiger charge is -1.88. The van der Waals surface area contributed by atoms with Gasteiger partial charge in [-0.25, -0.2) is 0 Å². The van der Waals surface area contributed by atoms with Crippen LogP contribution in [0.2, 0.25) is 0 Å². The molecular formula is C12H9NO2. The van der Waals surface area contributed by atoms with Crippen molar-refractivity contribution >= 4 is 17.3 Å². The molecule has 0 atom stereocenters. The van der Waals surface area contributed by atoms with Crippen molar-refractivity contribution in [2.45, 2.75) is 12.8 Å². The summed E-state index contributed by atoms with van der Waals surface area (Å²) in [5.41, 5.74) is 1.38. The standard InChI is InChI=1S/C12H9NO2/c13-8-9-3-4-12-10(6-9)7-11(15-12)2-1-5-14/h3-7H,1-2H2. The number of nitrogens with zero attached hydrogens (tertiary/aromatic N) is 1. The predicted octanol–water partition coefficient (Wildman–Crippen LogP) is 2.44. The molecular weight excluding hydrogens is 190 g/mol. The number of rotatable bonds is 3. The average molecular weight is 199 g/mol. The fraction of sp³-hybridized carbons (Fsp3) is 0.167. The lowest BCUT2D eigenvalue weighted by Crippen LogP contribution is -1.80. The highest BCUT2D eigenvalue weighted by molar-refractivity contribution is 5.79. The molecule has 0 fully saturated rings. The van der Waals surface area contributed by atoms with Crippen LogP contribution in [-0.2, 0) is 11.2 Å². The van der Waals surface area contributed by atoms with Crippen LogP contribution in [0.25, 0.3) is 11.0 Å². The SMILES string of the molecule is N#Cc1ccc2oc(CCC=O)cc2c1. The minimum atomic E-state index is 0.463. The van der Waals surface area contributed by atoms with Gasteiger partial charge in [-0.2, -0.15) is 5.26 Å². The number of hydrogen-bond donors (Lipinski definition) is 0. The number of carbonyl (C=O) groups excluding carboxylic acids is 1. The topological polar surface area (TPSA) is 54.0 Å². The summed E-state index contributed by atoms with van der Waals surface area (Å²) in [5.74, 6) is 0.784. The van der Waals surface area contributed by atoms with E-state index in [0.717, 1.165) is 23.0 Å². The molecule has 1 aromatic heterocycles. The summed E-state index contributed by atoms with van der Waals surface area (Å²) in [4.78, 5) is 10.2. The first-order chi connectivity index (χ1) is 7.33. The molecule has 0 saturated heterocycles. The number of nitriles is 1. The Morgan fingerprint density at radius 1 is 1.40 bits per heavy atom. The molecule has 0 amide bonds. The first-order valence-electron chi connectivity index (χ1n) is 4.69. The first kappa shape index (κ1) is 9.47. The molecule has 3 nitrogen and oxygen atoms in total. The molecule has 0 aliphatic rings. The second-order valence-corrected chi connectivity index (χ2v) is 3.28. The van der Waals surface area contributed by atoms with Crippen molar-refractivity contribution in [1.82, 2.24) is 0 Å². The van der Waals surface area contributed by atoms with Crippen LogP contribution >= 0.6 is 0 Å². The molecule has 0 unspecified atom stereocenters. The zero-order valence-electron chi connectivity index (χ0n) is 8.06. The Morgan fingerprint density at radius 2 is 2.27 bits per heavy atom. The van der Waals surface area contributed by atoms with Crippen molar-refractivity contribution in [3.63, 3.8) is 0 Å². The molecule has 2 rings (SSSR count). The highest BCUT2D eigenvalue weighted by Crippen LogP contribution is 2.21. The summed E-state index contributed by atoms with van der Waals surface area (Å²) >= 11 is 0. The van der Waals surface area contributed by atoms with E-state index in [4.69, 9.17) is 9.68 Å². The maximum atomic E-state index is 10.2. The van der Waals surface area contributed by atoms with Crippen LogP contribution in [0.3, 0.4) is 0 Å². The molecule has 2 aromatic rings. The van der Waals surface area contributed by atoms with Gasteiger partial charge in [0.2, 0.25) is 0 Å². The van der Waals surface area contributed by atoms with Gasteiger partial charge in [0.05, 0.1) is 11.6 Å². The van der Waals surface area contributed by atoms with Gasteiger partial charge in [-0.05, 0) is 24.3 Å². The van der Waals surface area contributed by atoms with E-state index in [2.05, 4.69) is 6.07 Å². The van der Waals surface area contributed by atoms with Crippen LogP contribution in [0, 0.1) is 11.3 Å². The number of aryl methyl sites for hydroxylation is 1. The minimum Gasteiger partial charge on any atom is -0.461 e. The third-order valence-corrected chi connectivity index (χ3v) is 2.21. The molecule has 0 radical (unpaired) electrons. The summed E-state index contributed by atoms with van der Waals surface area (Å²) in [5, 5.41) is 9.63. The van der Waals surface area contributed by atoms with Crippen molar-refractivity contribution in [2.24, 2.45) is 0 Å². The molecule has 0 saturated carbocycles. The second kappa shape index (κ2) is 3.97. The maximum absolute atomic E-state index is 10.2. The van der Waals surface area contributed by atoms with E-state index in [0.29, 0.717) is 18.4 Å². The Hall–Kier alpha value is -2.08. The summed E-state index contributed by atoms with van der Waals surface area (Å²) in [6.07, 6.45) is 1.94. The number of carbonyl (C=O) groups is 1. The minimum absolute atomic E-state index is 0.463. The van der Waals surface area contributed by atoms with Gasteiger partial charge in [0.15, 0.2) is 0 Å². The van der Waals surface area contributed by atoms with E-state index in [1.165, 1.54) is 0 Å². The van der Waals surface area contributed by atoms with Crippen molar-refractivity contribution in [3.8, 4) is 6.07 Å². The third-order valence-electron chi connectivity index (χ3n) is 2.21. The summed E-state index contributed by atoms with van der Waals surface area (Å²) in [7, 11) is 0. The van der Waals surface area contributed by atoms with Crippen molar-refractivity contribution in [2.75, 3.05) is 0 Å². The fourth-order valence-corrected chi connectivity index (χ4v) is 1.49. The summed E-state index contributed by atoms with van der Waals surface area (Å²) in [6, 6.07) is 9.22. The van der Waals surface area contributed by atoms with E-state index in [1.54, 1.807) is 18.2 Å². The zero-order valence-corrected chi connectivity index (χ0v) is 8.06. The van der Waals surface area contributed by atoms with Gasteiger partial charge in [0, 0.05) is 18.2 Å². The number of benzene rings is 1. The lowest BCUT2D eigenvalue weighted by molar-refractivity contribution is -0.107. The van der Waals surface area contributed by atoms with Crippen LogP contribution in [0.1, 0.15) is 17.7 Å². The normalized spacial score (nSPS) is 10.1.